The summed E-state index contributed by atoms with van der Waals surface area (Å²) in [6.07, 6.45) is 4.75. The van der Waals surface area contributed by atoms with E-state index in [2.05, 4.69) is 5.32 Å². The third-order valence-corrected chi connectivity index (χ3v) is 2.40. The highest BCUT2D eigenvalue weighted by molar-refractivity contribution is 5.80. The van der Waals surface area contributed by atoms with Gasteiger partial charge in [0.2, 0.25) is 5.91 Å². The van der Waals surface area contributed by atoms with Gasteiger partial charge in [-0.2, -0.15) is 0 Å². The zero-order valence-electron chi connectivity index (χ0n) is 8.63. The summed E-state index contributed by atoms with van der Waals surface area (Å²) in [4.78, 5) is 11.5. The topological polar surface area (TPSA) is 64.3 Å². The lowest BCUT2D eigenvalue weighted by Crippen LogP contribution is -2.38. The highest BCUT2D eigenvalue weighted by Gasteiger charge is 2.20. The minimum absolute atomic E-state index is 0.0433. The van der Waals surface area contributed by atoms with Gasteiger partial charge in [0, 0.05) is 13.2 Å². The quantitative estimate of drug-likeness (QED) is 0.632. The van der Waals surface area contributed by atoms with Gasteiger partial charge in [-0.1, -0.05) is 0 Å². The predicted molar refractivity (Wildman–Crippen MR) is 54.9 cm³/mol. The minimum Gasteiger partial charge on any atom is -0.368 e. The Hall–Kier alpha value is -0.610. The molecule has 4 heteroatoms. The molecular formula is C10H20N2O2. The van der Waals surface area contributed by atoms with E-state index in [0.717, 1.165) is 45.3 Å². The summed E-state index contributed by atoms with van der Waals surface area (Å²) in [6.45, 7) is 2.13. The molecule has 1 aliphatic heterocycles. The highest BCUT2D eigenvalue weighted by atomic mass is 16.5. The Morgan fingerprint density at radius 3 is 2.93 bits per heavy atom. The highest BCUT2D eigenvalue weighted by Crippen LogP contribution is 2.12. The molecule has 1 heterocycles. The molecule has 1 rings (SSSR count). The molecule has 0 saturated carbocycles. The van der Waals surface area contributed by atoms with Crippen molar-refractivity contribution in [1.82, 2.24) is 5.32 Å². The van der Waals surface area contributed by atoms with Crippen LogP contribution in [0.1, 0.15) is 32.1 Å². The maximum absolute atomic E-state index is 11.5. The molecule has 1 amide bonds. The Bertz CT molecular complexity index is 168. The molecule has 0 radical (unpaired) electrons. The normalized spacial score (nSPS) is 21.9. The van der Waals surface area contributed by atoms with Gasteiger partial charge in [0.1, 0.15) is 6.10 Å². The first-order chi connectivity index (χ1) is 6.84. The van der Waals surface area contributed by atoms with Gasteiger partial charge in [-0.05, 0) is 38.6 Å². The molecule has 0 aromatic rings. The molecule has 1 atom stereocenters. The standard InChI is InChI=1S/C10H20N2O2/c11-6-2-3-7-12-10(13)9-5-1-4-8-14-9/h9H,1-8,11H2,(H,12,13). The number of nitrogens with one attached hydrogen (secondary N) is 1. The number of carbonyl (C=O) groups excluding carboxylic acids is 1. The Kier molecular flexibility index (Phi) is 5.56. The first-order valence-corrected chi connectivity index (χ1v) is 5.44. The zero-order valence-corrected chi connectivity index (χ0v) is 8.63. The molecule has 14 heavy (non-hydrogen) atoms. The van der Waals surface area contributed by atoms with E-state index in [1.807, 2.05) is 0 Å². The fourth-order valence-corrected chi connectivity index (χ4v) is 1.54. The predicted octanol–water partition coefficient (Wildman–Crippen LogP) is 0.411. The summed E-state index contributed by atoms with van der Waals surface area (Å²) < 4.78 is 5.36. The molecule has 0 aromatic carbocycles. The van der Waals surface area contributed by atoms with Crippen molar-refractivity contribution in [2.75, 3.05) is 19.7 Å². The molecule has 0 spiro atoms. The molecule has 1 saturated heterocycles. The van der Waals surface area contributed by atoms with Gasteiger partial charge in [-0.25, -0.2) is 0 Å². The van der Waals surface area contributed by atoms with E-state index in [1.54, 1.807) is 0 Å². The van der Waals surface area contributed by atoms with Crippen LogP contribution < -0.4 is 11.1 Å². The Morgan fingerprint density at radius 1 is 1.43 bits per heavy atom. The van der Waals surface area contributed by atoms with E-state index >= 15 is 0 Å². The number of amides is 1. The number of rotatable bonds is 5. The lowest BCUT2D eigenvalue weighted by atomic mass is 10.1. The summed E-state index contributed by atoms with van der Waals surface area (Å²) >= 11 is 0. The fourth-order valence-electron chi connectivity index (χ4n) is 1.54. The van der Waals surface area contributed by atoms with Crippen LogP contribution in [0.15, 0.2) is 0 Å². The summed E-state index contributed by atoms with van der Waals surface area (Å²) in [7, 11) is 0. The SMILES string of the molecule is NCCCCNC(=O)C1CCCCO1. The van der Waals surface area contributed by atoms with E-state index < -0.39 is 0 Å². The summed E-state index contributed by atoms with van der Waals surface area (Å²) in [6, 6.07) is 0. The first-order valence-electron chi connectivity index (χ1n) is 5.44. The van der Waals surface area contributed by atoms with Crippen LogP contribution in [0.3, 0.4) is 0 Å². The maximum Gasteiger partial charge on any atom is 0.249 e. The van der Waals surface area contributed by atoms with Gasteiger partial charge >= 0.3 is 0 Å². The number of carbonyl (C=O) groups is 1. The van der Waals surface area contributed by atoms with Crippen molar-refractivity contribution in [2.24, 2.45) is 5.73 Å². The number of hydrogen-bond donors (Lipinski definition) is 2. The second-order valence-electron chi connectivity index (χ2n) is 3.64. The van der Waals surface area contributed by atoms with Gasteiger partial charge in [0.05, 0.1) is 0 Å². The Labute approximate surface area is 85.2 Å². The van der Waals surface area contributed by atoms with Gasteiger partial charge in [-0.15, -0.1) is 0 Å². The van der Waals surface area contributed by atoms with Crippen LogP contribution in [0.2, 0.25) is 0 Å². The zero-order chi connectivity index (χ0) is 10.2. The third-order valence-electron chi connectivity index (χ3n) is 2.40. The summed E-state index contributed by atoms with van der Waals surface area (Å²) in [5.41, 5.74) is 5.35. The second-order valence-corrected chi connectivity index (χ2v) is 3.64. The van der Waals surface area contributed by atoms with Gasteiger partial charge in [0.15, 0.2) is 0 Å². The Morgan fingerprint density at radius 2 is 2.29 bits per heavy atom. The van der Waals surface area contributed by atoms with Crippen molar-refractivity contribution >= 4 is 5.91 Å². The summed E-state index contributed by atoms with van der Waals surface area (Å²) in [5, 5.41) is 2.87. The number of hydrogen-bond acceptors (Lipinski definition) is 3. The van der Waals surface area contributed by atoms with E-state index in [4.69, 9.17) is 10.5 Å². The van der Waals surface area contributed by atoms with Crippen molar-refractivity contribution in [3.63, 3.8) is 0 Å². The molecule has 1 fully saturated rings. The van der Waals surface area contributed by atoms with E-state index in [9.17, 15) is 4.79 Å². The van der Waals surface area contributed by atoms with E-state index in [0.29, 0.717) is 6.54 Å². The van der Waals surface area contributed by atoms with Crippen LogP contribution >= 0.6 is 0 Å². The Balaban J connectivity index is 2.07. The van der Waals surface area contributed by atoms with Crippen LogP contribution in [-0.2, 0) is 9.53 Å². The average Bonchev–Trinajstić information content (AvgIpc) is 2.25. The van der Waals surface area contributed by atoms with Crippen molar-refractivity contribution in [1.29, 1.82) is 0 Å². The van der Waals surface area contributed by atoms with E-state index in [1.165, 1.54) is 0 Å². The minimum atomic E-state index is -0.207. The lowest BCUT2D eigenvalue weighted by Gasteiger charge is -2.21. The van der Waals surface area contributed by atoms with Crippen LogP contribution in [0.5, 0.6) is 0 Å². The van der Waals surface area contributed by atoms with E-state index in [-0.39, 0.29) is 12.0 Å². The number of ether oxygens (including phenoxy) is 1. The van der Waals surface area contributed by atoms with Gasteiger partial charge in [-0.3, -0.25) is 4.79 Å². The number of nitrogens with two attached hydrogens (primary N) is 1. The van der Waals surface area contributed by atoms with Gasteiger partial charge in [0.25, 0.3) is 0 Å². The molecule has 0 aromatic heterocycles. The molecule has 0 aliphatic carbocycles. The monoisotopic (exact) mass is 200 g/mol. The first kappa shape index (κ1) is 11.5. The smallest absolute Gasteiger partial charge is 0.249 e. The van der Waals surface area contributed by atoms with Crippen LogP contribution in [0, 0.1) is 0 Å². The van der Waals surface area contributed by atoms with Crippen molar-refractivity contribution in [2.45, 2.75) is 38.2 Å². The van der Waals surface area contributed by atoms with Crippen molar-refractivity contribution < 1.29 is 9.53 Å². The fraction of sp³-hybridized carbons (Fsp3) is 0.900. The molecule has 82 valence electrons. The molecule has 1 aliphatic rings. The van der Waals surface area contributed by atoms with Crippen molar-refractivity contribution in [3.8, 4) is 0 Å². The molecule has 3 N–H and O–H groups in total. The lowest BCUT2D eigenvalue weighted by molar-refractivity contribution is -0.135. The number of unbranched alkanes of at least 4 members (excludes halogenated alkanes) is 1. The maximum atomic E-state index is 11.5. The third kappa shape index (κ3) is 4.07. The molecule has 1 unspecified atom stereocenters. The average molecular weight is 200 g/mol. The van der Waals surface area contributed by atoms with Crippen LogP contribution in [0.4, 0.5) is 0 Å². The van der Waals surface area contributed by atoms with Crippen LogP contribution in [-0.4, -0.2) is 31.7 Å². The van der Waals surface area contributed by atoms with Crippen LogP contribution in [0.25, 0.3) is 0 Å². The summed E-state index contributed by atoms with van der Waals surface area (Å²) in [5.74, 6) is 0.0433. The second kappa shape index (κ2) is 6.79. The van der Waals surface area contributed by atoms with Gasteiger partial charge < -0.3 is 15.8 Å². The van der Waals surface area contributed by atoms with Crippen molar-refractivity contribution in [3.05, 3.63) is 0 Å². The molecular weight excluding hydrogens is 180 g/mol. The molecule has 4 nitrogen and oxygen atoms in total. The molecule has 0 bridgehead atoms. The largest absolute Gasteiger partial charge is 0.368 e.